The maximum absolute atomic E-state index is 4.28. The Hall–Kier alpha value is 0.0500. The minimum Gasteiger partial charge on any atom is -0.143 e. The van der Waals surface area contributed by atoms with E-state index in [-0.39, 0.29) is 0 Å². The third-order valence-electron chi connectivity index (χ3n) is 1.55. The molecule has 54 valence electrons. The number of hydrogen-bond donors (Lipinski definition) is 1. The second-order valence-electron chi connectivity index (χ2n) is 2.34. The molecule has 10 heavy (non-hydrogen) atoms. The van der Waals surface area contributed by atoms with Crippen LogP contribution in [0.4, 0.5) is 0 Å². The molecule has 0 aromatic heterocycles. The van der Waals surface area contributed by atoms with Crippen LogP contribution in [-0.2, 0) is 0 Å². The average Bonchev–Trinajstić information content (AvgIpc) is 1.93. The van der Waals surface area contributed by atoms with E-state index in [0.717, 1.165) is 4.90 Å². The Morgan fingerprint density at radius 1 is 1.30 bits per heavy atom. The Morgan fingerprint density at radius 2 is 1.90 bits per heavy atom. The number of aryl methyl sites for hydroxylation is 1. The Balaban J connectivity index is 3.34. The smallest absolute Gasteiger partial charge is 0.0244 e. The van der Waals surface area contributed by atoms with Crippen molar-refractivity contribution in [3.8, 4) is 0 Å². The van der Waals surface area contributed by atoms with Gasteiger partial charge < -0.3 is 0 Å². The molecule has 0 fully saturated rings. The van der Waals surface area contributed by atoms with E-state index >= 15 is 0 Å². The first-order valence-electron chi connectivity index (χ1n) is 3.07. The van der Waals surface area contributed by atoms with E-state index in [9.17, 15) is 0 Å². The first kappa shape index (κ1) is 8.15. The van der Waals surface area contributed by atoms with Crippen LogP contribution in [0.5, 0.6) is 0 Å². The van der Waals surface area contributed by atoms with Gasteiger partial charge in [0.1, 0.15) is 0 Å². The van der Waals surface area contributed by atoms with E-state index < -0.39 is 0 Å². The van der Waals surface area contributed by atoms with Crippen LogP contribution in [0.25, 0.3) is 0 Å². The highest BCUT2D eigenvalue weighted by atomic mass is 79.9. The fourth-order valence-corrected chi connectivity index (χ4v) is 1.50. The standard InChI is InChI=1S/C8H9BrS/c1-5-3-4-7(10)6(2)8(5)9/h3-4,10H,1-2H3. The maximum Gasteiger partial charge on any atom is 0.0244 e. The highest BCUT2D eigenvalue weighted by Crippen LogP contribution is 2.25. The van der Waals surface area contributed by atoms with Gasteiger partial charge in [0.05, 0.1) is 0 Å². The van der Waals surface area contributed by atoms with Crippen molar-refractivity contribution in [2.24, 2.45) is 0 Å². The molecule has 1 aromatic rings. The van der Waals surface area contributed by atoms with Gasteiger partial charge in [-0.3, -0.25) is 0 Å². The molecule has 0 aliphatic rings. The van der Waals surface area contributed by atoms with Gasteiger partial charge in [0, 0.05) is 9.37 Å². The quantitative estimate of drug-likeness (QED) is 0.633. The van der Waals surface area contributed by atoms with Gasteiger partial charge in [0.15, 0.2) is 0 Å². The predicted molar refractivity (Wildman–Crippen MR) is 50.9 cm³/mol. The SMILES string of the molecule is Cc1ccc(S)c(C)c1Br. The summed E-state index contributed by atoms with van der Waals surface area (Å²) in [4.78, 5) is 1.04. The number of rotatable bonds is 0. The molecule has 0 spiro atoms. The number of thiol groups is 1. The van der Waals surface area contributed by atoms with Crippen LogP contribution in [0.3, 0.4) is 0 Å². The van der Waals surface area contributed by atoms with Crippen molar-refractivity contribution in [3.63, 3.8) is 0 Å². The molecule has 0 amide bonds. The van der Waals surface area contributed by atoms with Crippen LogP contribution in [0.2, 0.25) is 0 Å². The first-order valence-corrected chi connectivity index (χ1v) is 4.31. The largest absolute Gasteiger partial charge is 0.143 e. The van der Waals surface area contributed by atoms with Crippen LogP contribution >= 0.6 is 28.6 Å². The van der Waals surface area contributed by atoms with E-state index in [1.807, 2.05) is 6.07 Å². The van der Waals surface area contributed by atoms with Crippen LogP contribution < -0.4 is 0 Å². The lowest BCUT2D eigenvalue weighted by Crippen LogP contribution is -1.82. The fraction of sp³-hybridized carbons (Fsp3) is 0.250. The topological polar surface area (TPSA) is 0 Å². The third kappa shape index (κ3) is 1.38. The van der Waals surface area contributed by atoms with Crippen molar-refractivity contribution in [1.82, 2.24) is 0 Å². The molecule has 1 rings (SSSR count). The summed E-state index contributed by atoms with van der Waals surface area (Å²) in [6.45, 7) is 4.13. The lowest BCUT2D eigenvalue weighted by molar-refractivity contribution is 1.24. The van der Waals surface area contributed by atoms with Gasteiger partial charge in [0.25, 0.3) is 0 Å². The normalized spacial score (nSPS) is 10.0. The van der Waals surface area contributed by atoms with Crippen molar-refractivity contribution in [2.45, 2.75) is 18.7 Å². The molecule has 0 nitrogen and oxygen atoms in total. The molecule has 0 unspecified atom stereocenters. The maximum atomic E-state index is 4.28. The lowest BCUT2D eigenvalue weighted by Gasteiger charge is -2.03. The summed E-state index contributed by atoms with van der Waals surface area (Å²) < 4.78 is 1.17. The molecule has 0 heterocycles. The van der Waals surface area contributed by atoms with E-state index in [2.05, 4.69) is 48.5 Å². The second-order valence-corrected chi connectivity index (χ2v) is 3.62. The van der Waals surface area contributed by atoms with Crippen LogP contribution in [0.1, 0.15) is 11.1 Å². The molecule has 0 saturated heterocycles. The molecule has 0 atom stereocenters. The molecular weight excluding hydrogens is 208 g/mol. The highest BCUT2D eigenvalue weighted by molar-refractivity contribution is 9.10. The van der Waals surface area contributed by atoms with Gasteiger partial charge in [-0.25, -0.2) is 0 Å². The summed E-state index contributed by atoms with van der Waals surface area (Å²) in [7, 11) is 0. The molecule has 0 N–H and O–H groups in total. The van der Waals surface area contributed by atoms with Gasteiger partial charge in [-0.2, -0.15) is 0 Å². The van der Waals surface area contributed by atoms with Gasteiger partial charge in [-0.05, 0) is 31.0 Å². The van der Waals surface area contributed by atoms with Gasteiger partial charge in [-0.15, -0.1) is 12.6 Å². The Labute approximate surface area is 75.2 Å². The molecule has 0 radical (unpaired) electrons. The third-order valence-corrected chi connectivity index (χ3v) is 3.26. The summed E-state index contributed by atoms with van der Waals surface area (Å²) in [6.07, 6.45) is 0. The zero-order valence-corrected chi connectivity index (χ0v) is 8.46. The molecule has 0 saturated carbocycles. The minimum absolute atomic E-state index is 1.04. The summed E-state index contributed by atoms with van der Waals surface area (Å²) >= 11 is 7.77. The van der Waals surface area contributed by atoms with Gasteiger partial charge >= 0.3 is 0 Å². The number of hydrogen-bond acceptors (Lipinski definition) is 1. The molecule has 0 bridgehead atoms. The summed E-state index contributed by atoms with van der Waals surface area (Å²) in [5.41, 5.74) is 2.47. The number of halogens is 1. The van der Waals surface area contributed by atoms with Crippen LogP contribution in [-0.4, -0.2) is 0 Å². The number of benzene rings is 1. The van der Waals surface area contributed by atoms with Crippen molar-refractivity contribution in [3.05, 3.63) is 27.7 Å². The summed E-state index contributed by atoms with van der Waals surface area (Å²) in [5, 5.41) is 0. The summed E-state index contributed by atoms with van der Waals surface area (Å²) in [6, 6.07) is 4.07. The molecule has 0 aliphatic carbocycles. The zero-order valence-electron chi connectivity index (χ0n) is 5.98. The van der Waals surface area contributed by atoms with Crippen molar-refractivity contribution in [2.75, 3.05) is 0 Å². The lowest BCUT2D eigenvalue weighted by atomic mass is 10.2. The Kier molecular flexibility index (Phi) is 2.42. The van der Waals surface area contributed by atoms with Gasteiger partial charge in [0.2, 0.25) is 0 Å². The van der Waals surface area contributed by atoms with E-state index in [1.165, 1.54) is 15.6 Å². The van der Waals surface area contributed by atoms with Crippen molar-refractivity contribution in [1.29, 1.82) is 0 Å². The second kappa shape index (κ2) is 2.97. The zero-order chi connectivity index (χ0) is 7.72. The van der Waals surface area contributed by atoms with Crippen LogP contribution in [0, 0.1) is 13.8 Å². The van der Waals surface area contributed by atoms with E-state index in [0.29, 0.717) is 0 Å². The minimum atomic E-state index is 1.04. The summed E-state index contributed by atoms with van der Waals surface area (Å²) in [5.74, 6) is 0. The average molecular weight is 217 g/mol. The van der Waals surface area contributed by atoms with Gasteiger partial charge in [-0.1, -0.05) is 22.0 Å². The van der Waals surface area contributed by atoms with E-state index in [4.69, 9.17) is 0 Å². The van der Waals surface area contributed by atoms with E-state index in [1.54, 1.807) is 0 Å². The van der Waals surface area contributed by atoms with Crippen LogP contribution in [0.15, 0.2) is 21.5 Å². The predicted octanol–water partition coefficient (Wildman–Crippen LogP) is 3.35. The van der Waals surface area contributed by atoms with Crippen molar-refractivity contribution < 1.29 is 0 Å². The molecule has 1 aromatic carbocycles. The Bertz CT molecular complexity index is 229. The molecule has 2 heteroatoms. The Morgan fingerprint density at radius 3 is 2.40 bits per heavy atom. The first-order chi connectivity index (χ1) is 4.63. The monoisotopic (exact) mass is 216 g/mol. The molecular formula is C8H9BrS. The van der Waals surface area contributed by atoms with Crippen molar-refractivity contribution >= 4 is 28.6 Å². The molecule has 0 aliphatic heterocycles. The highest BCUT2D eigenvalue weighted by Gasteiger charge is 2.00. The fourth-order valence-electron chi connectivity index (χ4n) is 0.810.